The van der Waals surface area contributed by atoms with Crippen molar-refractivity contribution in [3.05, 3.63) is 6.92 Å². The smallest absolute Gasteiger partial charge is 0.831 e. The van der Waals surface area contributed by atoms with Crippen LogP contribution in [0, 0.1) is 6.92 Å². The summed E-state index contributed by atoms with van der Waals surface area (Å²) < 4.78 is 4.19. The fraction of sp³-hybridized carbons (Fsp3) is 0.800. The zero-order valence-corrected chi connectivity index (χ0v) is 8.78. The first kappa shape index (κ1) is 15.8. The van der Waals surface area contributed by atoms with Gasteiger partial charge in [-0.3, -0.25) is 0 Å². The molecular formula is C5H12O2Zn. The fourth-order valence-corrected chi connectivity index (χ4v) is 0. The van der Waals surface area contributed by atoms with Crippen molar-refractivity contribution >= 4 is 0 Å². The molecule has 3 heteroatoms. The van der Waals surface area contributed by atoms with Gasteiger partial charge in [-0.15, -0.1) is 0 Å². The van der Waals surface area contributed by atoms with Crippen LogP contribution in [0.4, 0.5) is 0 Å². The molecule has 0 saturated carbocycles. The van der Waals surface area contributed by atoms with Crippen molar-refractivity contribution in [3.8, 4) is 0 Å². The van der Waals surface area contributed by atoms with Crippen LogP contribution >= 0.6 is 0 Å². The van der Waals surface area contributed by atoms with E-state index in [0.29, 0.717) is 0 Å². The van der Waals surface area contributed by atoms with Crippen molar-refractivity contribution < 1.29 is 29.3 Å². The summed E-state index contributed by atoms with van der Waals surface area (Å²) in [7, 11) is 1.39. The molecule has 0 heterocycles. The topological polar surface area (TPSA) is 32.3 Å². The number of ether oxygens (including phenoxy) is 1. The Hall–Kier alpha value is 0.543. The summed E-state index contributed by atoms with van der Waals surface area (Å²) in [6, 6.07) is 0. The van der Waals surface area contributed by atoms with Crippen LogP contribution < -0.4 is 5.11 Å². The van der Waals surface area contributed by atoms with Gasteiger partial charge in [0.25, 0.3) is 0 Å². The summed E-state index contributed by atoms with van der Waals surface area (Å²) >= 11 is 0. The molecule has 0 aliphatic heterocycles. The Morgan fingerprint density at radius 1 is 1.50 bits per heavy atom. The van der Waals surface area contributed by atoms with Gasteiger partial charge in [0, 0.05) is 7.11 Å². The minimum absolute atomic E-state index is 0. The Balaban J connectivity index is -0.0000000750. The first-order valence-corrected chi connectivity index (χ1v) is 2.16. The Kier molecular flexibility index (Phi) is 30.9. The molecule has 8 heavy (non-hydrogen) atoms. The van der Waals surface area contributed by atoms with E-state index in [1.165, 1.54) is 14.0 Å². The van der Waals surface area contributed by atoms with Gasteiger partial charge in [0.1, 0.15) is 0 Å². The minimum Gasteiger partial charge on any atom is -0.831 e. The average Bonchev–Trinajstić information content (AvgIpc) is 1.73. The summed E-state index contributed by atoms with van der Waals surface area (Å²) in [6.45, 7) is 6.44. The minimum atomic E-state index is -0.866. The fourth-order valence-electron chi connectivity index (χ4n) is 0. The molecule has 0 aliphatic rings. The molecule has 0 N–H and O–H groups in total. The third-order valence-electron chi connectivity index (χ3n) is 0.332. The maximum absolute atomic E-state index is 9.67. The molecule has 0 amide bonds. The van der Waals surface area contributed by atoms with Gasteiger partial charge in [-0.05, 0) is 6.29 Å². The van der Waals surface area contributed by atoms with Crippen molar-refractivity contribution in [2.24, 2.45) is 0 Å². The van der Waals surface area contributed by atoms with E-state index in [1.54, 1.807) is 6.92 Å². The second-order valence-electron chi connectivity index (χ2n) is 0.803. The van der Waals surface area contributed by atoms with Gasteiger partial charge in [-0.25, -0.2) is 0 Å². The van der Waals surface area contributed by atoms with Crippen molar-refractivity contribution in [1.82, 2.24) is 0 Å². The molecule has 2 nitrogen and oxygen atoms in total. The maximum atomic E-state index is 9.67. The number of rotatable bonds is 1. The van der Waals surface area contributed by atoms with Crippen molar-refractivity contribution in [2.45, 2.75) is 20.1 Å². The van der Waals surface area contributed by atoms with Crippen LogP contribution in [0.5, 0.6) is 0 Å². The van der Waals surface area contributed by atoms with E-state index in [2.05, 4.69) is 11.7 Å². The number of hydrogen-bond acceptors (Lipinski definition) is 2. The molecule has 0 rings (SSSR count). The summed E-state index contributed by atoms with van der Waals surface area (Å²) in [5.74, 6) is 0. The van der Waals surface area contributed by atoms with Gasteiger partial charge < -0.3 is 16.8 Å². The molecule has 0 saturated heterocycles. The van der Waals surface area contributed by atoms with Gasteiger partial charge in [0.05, 0.1) is 0 Å². The predicted molar refractivity (Wildman–Crippen MR) is 27.5 cm³/mol. The Morgan fingerprint density at radius 2 is 1.62 bits per heavy atom. The monoisotopic (exact) mass is 168 g/mol. The van der Waals surface area contributed by atoms with E-state index in [-0.39, 0.29) is 19.5 Å². The number of hydrogen-bond donors (Lipinski definition) is 0. The Morgan fingerprint density at radius 3 is 1.62 bits per heavy atom. The van der Waals surface area contributed by atoms with Crippen LogP contribution in [0.15, 0.2) is 0 Å². The molecule has 1 unspecified atom stereocenters. The third kappa shape index (κ3) is 31.1. The quantitative estimate of drug-likeness (QED) is 0.319. The van der Waals surface area contributed by atoms with Crippen LogP contribution in [-0.4, -0.2) is 13.4 Å². The molecule has 0 fully saturated rings. The van der Waals surface area contributed by atoms with Gasteiger partial charge in [0.2, 0.25) is 0 Å². The first-order valence-electron chi connectivity index (χ1n) is 2.16. The van der Waals surface area contributed by atoms with Gasteiger partial charge in [-0.1, -0.05) is 6.92 Å². The standard InChI is InChI=1S/C3H7O2.C2H5.Zn/c1-3(4)5-2;1-2;/h3H,1-2H3;1H2,2H3;/q2*-1;+2. The normalized spacial score (nSPS) is 10.1. The van der Waals surface area contributed by atoms with Crippen molar-refractivity contribution in [1.29, 1.82) is 0 Å². The van der Waals surface area contributed by atoms with Crippen LogP contribution in [0.1, 0.15) is 13.8 Å². The summed E-state index contributed by atoms with van der Waals surface area (Å²) in [6.07, 6.45) is -0.866. The predicted octanol–water partition coefficient (Wildman–Crippen LogP) is 0.177. The third-order valence-corrected chi connectivity index (χ3v) is 0.332. The summed E-state index contributed by atoms with van der Waals surface area (Å²) in [5, 5.41) is 9.67. The van der Waals surface area contributed by atoms with Crippen molar-refractivity contribution in [3.63, 3.8) is 0 Å². The van der Waals surface area contributed by atoms with Crippen LogP contribution in [0.2, 0.25) is 0 Å². The van der Waals surface area contributed by atoms with Crippen molar-refractivity contribution in [2.75, 3.05) is 7.11 Å². The zero-order valence-electron chi connectivity index (χ0n) is 5.81. The Bertz CT molecular complexity index is 24.4. The molecule has 0 bridgehead atoms. The van der Waals surface area contributed by atoms with E-state index in [1.807, 2.05) is 0 Å². The molecule has 1 atom stereocenters. The van der Waals surface area contributed by atoms with E-state index in [9.17, 15) is 5.11 Å². The average molecular weight is 170 g/mol. The number of methoxy groups -OCH3 is 1. The molecule has 0 radical (unpaired) electrons. The van der Waals surface area contributed by atoms with E-state index < -0.39 is 6.29 Å². The van der Waals surface area contributed by atoms with Gasteiger partial charge >= 0.3 is 19.5 Å². The van der Waals surface area contributed by atoms with E-state index in [0.717, 1.165) is 0 Å². The molecular weight excluding hydrogens is 157 g/mol. The van der Waals surface area contributed by atoms with Crippen LogP contribution in [-0.2, 0) is 24.2 Å². The molecule has 0 aromatic heterocycles. The molecule has 0 aliphatic carbocycles. The summed E-state index contributed by atoms with van der Waals surface area (Å²) in [4.78, 5) is 0. The van der Waals surface area contributed by atoms with E-state index in [4.69, 9.17) is 0 Å². The van der Waals surface area contributed by atoms with Crippen LogP contribution in [0.3, 0.4) is 0 Å². The SMILES string of the molecule is COC(C)[O-].[CH2-]C.[Zn+2]. The second-order valence-corrected chi connectivity index (χ2v) is 0.803. The molecule has 0 aromatic carbocycles. The molecule has 0 spiro atoms. The molecule has 0 aromatic rings. The van der Waals surface area contributed by atoms with Gasteiger partial charge in [0.15, 0.2) is 0 Å². The second kappa shape index (κ2) is 15.6. The zero-order chi connectivity index (χ0) is 6.28. The van der Waals surface area contributed by atoms with Gasteiger partial charge in [-0.2, -0.15) is 6.92 Å². The summed E-state index contributed by atoms with van der Waals surface area (Å²) in [5.41, 5.74) is 0. The maximum Gasteiger partial charge on any atom is 2.00 e. The van der Waals surface area contributed by atoms with E-state index >= 15 is 0 Å². The Labute approximate surface area is 64.0 Å². The first-order chi connectivity index (χ1) is 3.27. The van der Waals surface area contributed by atoms with Crippen LogP contribution in [0.25, 0.3) is 0 Å². The largest absolute Gasteiger partial charge is 2.00 e. The molecule has 46 valence electrons.